The van der Waals surface area contributed by atoms with Gasteiger partial charge >= 0.3 is 0 Å². The van der Waals surface area contributed by atoms with Gasteiger partial charge in [0, 0.05) is 23.2 Å². The van der Waals surface area contributed by atoms with Crippen LogP contribution >= 0.6 is 0 Å². The van der Waals surface area contributed by atoms with Crippen LogP contribution in [0.3, 0.4) is 0 Å². The van der Waals surface area contributed by atoms with Crippen LogP contribution in [0, 0.1) is 0 Å². The summed E-state index contributed by atoms with van der Waals surface area (Å²) in [5, 5.41) is 2.74. The van der Waals surface area contributed by atoms with Gasteiger partial charge in [0.2, 0.25) is 0 Å². The van der Waals surface area contributed by atoms with Crippen molar-refractivity contribution >= 4 is 11.8 Å². The molecule has 116 valence electrons. The zero-order chi connectivity index (χ0) is 16.3. The molecule has 0 aliphatic heterocycles. The topological polar surface area (TPSA) is 85.3 Å². The van der Waals surface area contributed by atoms with Crippen molar-refractivity contribution < 1.29 is 14.0 Å². The van der Waals surface area contributed by atoms with Gasteiger partial charge in [-0.05, 0) is 31.0 Å². The molecule has 0 radical (unpaired) electrons. The van der Waals surface area contributed by atoms with E-state index in [9.17, 15) is 9.59 Å². The first-order valence-corrected chi connectivity index (χ1v) is 7.26. The quantitative estimate of drug-likeness (QED) is 0.890. The van der Waals surface area contributed by atoms with Gasteiger partial charge in [0.15, 0.2) is 5.76 Å². The lowest BCUT2D eigenvalue weighted by atomic mass is 10.0. The fourth-order valence-electron chi connectivity index (χ4n) is 2.22. The molecular weight excluding hydrogens is 280 g/mol. The van der Waals surface area contributed by atoms with E-state index in [1.165, 1.54) is 0 Å². The highest BCUT2D eigenvalue weighted by Gasteiger charge is 2.19. The van der Waals surface area contributed by atoms with E-state index in [1.54, 1.807) is 24.3 Å². The van der Waals surface area contributed by atoms with Crippen LogP contribution in [0.1, 0.15) is 53.2 Å². The van der Waals surface area contributed by atoms with Crippen LogP contribution in [-0.4, -0.2) is 18.4 Å². The van der Waals surface area contributed by atoms with Gasteiger partial charge in [-0.3, -0.25) is 9.59 Å². The third-order valence-corrected chi connectivity index (χ3v) is 3.38. The van der Waals surface area contributed by atoms with Crippen LogP contribution in [0.5, 0.6) is 0 Å². The van der Waals surface area contributed by atoms with E-state index in [-0.39, 0.29) is 17.6 Å². The molecule has 0 aliphatic carbocycles. The number of amides is 2. The smallest absolute Gasteiger partial charge is 0.284 e. The SMILES string of the molecule is CCNC(=O)c1ccc(-c2cc(C(C)C)c(C(N)=O)o2)cc1. The first-order valence-electron chi connectivity index (χ1n) is 7.26. The Balaban J connectivity index is 2.34. The molecule has 2 rings (SSSR count). The normalized spacial score (nSPS) is 10.7. The standard InChI is InChI=1S/C17H20N2O3/c1-4-19-17(21)12-7-5-11(6-8-12)14-9-13(10(2)3)15(22-14)16(18)20/h5-10H,4H2,1-3H3,(H2,18,20)(H,19,21). The van der Waals surface area contributed by atoms with E-state index in [0.29, 0.717) is 17.9 Å². The highest BCUT2D eigenvalue weighted by Crippen LogP contribution is 2.30. The maximum Gasteiger partial charge on any atom is 0.284 e. The van der Waals surface area contributed by atoms with Gasteiger partial charge in [0.1, 0.15) is 5.76 Å². The van der Waals surface area contributed by atoms with Crippen molar-refractivity contribution in [2.75, 3.05) is 6.54 Å². The van der Waals surface area contributed by atoms with Gasteiger partial charge < -0.3 is 15.5 Å². The highest BCUT2D eigenvalue weighted by atomic mass is 16.4. The Labute approximate surface area is 129 Å². The first-order chi connectivity index (χ1) is 10.4. The Kier molecular flexibility index (Phi) is 4.65. The minimum Gasteiger partial charge on any atom is -0.451 e. The third-order valence-electron chi connectivity index (χ3n) is 3.38. The molecule has 2 amide bonds. The van der Waals surface area contributed by atoms with Gasteiger partial charge in [-0.1, -0.05) is 26.0 Å². The molecule has 0 bridgehead atoms. The lowest BCUT2D eigenvalue weighted by Crippen LogP contribution is -2.22. The second kappa shape index (κ2) is 6.47. The Morgan fingerprint density at radius 3 is 2.32 bits per heavy atom. The predicted molar refractivity (Wildman–Crippen MR) is 84.8 cm³/mol. The predicted octanol–water partition coefficient (Wildman–Crippen LogP) is 2.92. The van der Waals surface area contributed by atoms with Gasteiger partial charge in [0.05, 0.1) is 0 Å². The largest absolute Gasteiger partial charge is 0.451 e. The molecule has 0 saturated carbocycles. The van der Waals surface area contributed by atoms with Crippen molar-refractivity contribution in [2.24, 2.45) is 5.73 Å². The number of nitrogens with two attached hydrogens (primary N) is 1. The molecule has 2 aromatic rings. The molecule has 1 heterocycles. The summed E-state index contributed by atoms with van der Waals surface area (Å²) < 4.78 is 5.60. The Bertz CT molecular complexity index is 684. The molecule has 1 aromatic heterocycles. The van der Waals surface area contributed by atoms with Crippen molar-refractivity contribution in [1.29, 1.82) is 0 Å². The molecule has 5 heteroatoms. The monoisotopic (exact) mass is 300 g/mol. The number of carbonyl (C=O) groups is 2. The number of primary amides is 1. The van der Waals surface area contributed by atoms with Crippen molar-refractivity contribution in [1.82, 2.24) is 5.32 Å². The van der Waals surface area contributed by atoms with E-state index in [4.69, 9.17) is 10.2 Å². The Morgan fingerprint density at radius 2 is 1.86 bits per heavy atom. The van der Waals surface area contributed by atoms with Crippen LogP contribution in [0.15, 0.2) is 34.7 Å². The van der Waals surface area contributed by atoms with Crippen LogP contribution in [0.4, 0.5) is 0 Å². The summed E-state index contributed by atoms with van der Waals surface area (Å²) in [5.74, 6) is 0.204. The van der Waals surface area contributed by atoms with E-state index in [1.807, 2.05) is 26.8 Å². The number of furan rings is 1. The van der Waals surface area contributed by atoms with Crippen LogP contribution < -0.4 is 11.1 Å². The number of benzene rings is 1. The molecule has 0 spiro atoms. The highest BCUT2D eigenvalue weighted by molar-refractivity contribution is 5.95. The number of hydrogen-bond donors (Lipinski definition) is 2. The molecule has 1 aromatic carbocycles. The number of nitrogens with one attached hydrogen (secondary N) is 1. The molecule has 0 saturated heterocycles. The maximum atomic E-state index is 11.7. The molecule has 5 nitrogen and oxygen atoms in total. The first kappa shape index (κ1) is 15.8. The minimum absolute atomic E-state index is 0.116. The average molecular weight is 300 g/mol. The maximum absolute atomic E-state index is 11.7. The second-order valence-electron chi connectivity index (χ2n) is 5.35. The van der Waals surface area contributed by atoms with Crippen molar-refractivity contribution in [3.8, 4) is 11.3 Å². The fourth-order valence-corrected chi connectivity index (χ4v) is 2.22. The summed E-state index contributed by atoms with van der Waals surface area (Å²) in [6.45, 7) is 6.39. The molecule has 0 unspecified atom stereocenters. The van der Waals surface area contributed by atoms with Gasteiger partial charge in [0.25, 0.3) is 11.8 Å². The fraction of sp³-hybridized carbons (Fsp3) is 0.294. The lowest BCUT2D eigenvalue weighted by molar-refractivity contribution is 0.0953. The summed E-state index contributed by atoms with van der Waals surface area (Å²) in [7, 11) is 0. The number of carbonyl (C=O) groups excluding carboxylic acids is 2. The molecular formula is C17H20N2O3. The van der Waals surface area contributed by atoms with E-state index >= 15 is 0 Å². The van der Waals surface area contributed by atoms with E-state index < -0.39 is 5.91 Å². The number of hydrogen-bond acceptors (Lipinski definition) is 3. The summed E-state index contributed by atoms with van der Waals surface area (Å²) in [6, 6.07) is 8.85. The third kappa shape index (κ3) is 3.19. The zero-order valence-electron chi connectivity index (χ0n) is 13.0. The summed E-state index contributed by atoms with van der Waals surface area (Å²) in [5.41, 5.74) is 7.52. The van der Waals surface area contributed by atoms with Crippen LogP contribution in [-0.2, 0) is 0 Å². The van der Waals surface area contributed by atoms with E-state index in [2.05, 4.69) is 5.32 Å². The zero-order valence-corrected chi connectivity index (χ0v) is 13.0. The van der Waals surface area contributed by atoms with Gasteiger partial charge in [-0.15, -0.1) is 0 Å². The second-order valence-corrected chi connectivity index (χ2v) is 5.35. The number of rotatable bonds is 5. The van der Waals surface area contributed by atoms with Gasteiger partial charge in [-0.25, -0.2) is 0 Å². The molecule has 22 heavy (non-hydrogen) atoms. The summed E-state index contributed by atoms with van der Waals surface area (Å²) in [4.78, 5) is 23.2. The molecule has 3 N–H and O–H groups in total. The minimum atomic E-state index is -0.575. The summed E-state index contributed by atoms with van der Waals surface area (Å²) >= 11 is 0. The van der Waals surface area contributed by atoms with Crippen molar-refractivity contribution in [2.45, 2.75) is 26.7 Å². The lowest BCUT2D eigenvalue weighted by Gasteiger charge is -2.02. The molecule has 0 atom stereocenters. The molecule has 0 aliphatic rings. The average Bonchev–Trinajstić information content (AvgIpc) is 2.93. The van der Waals surface area contributed by atoms with Crippen molar-refractivity contribution in [3.63, 3.8) is 0 Å². The molecule has 0 fully saturated rings. The Hall–Kier alpha value is -2.56. The Morgan fingerprint density at radius 1 is 1.23 bits per heavy atom. The van der Waals surface area contributed by atoms with Crippen molar-refractivity contribution in [3.05, 3.63) is 47.2 Å². The van der Waals surface area contributed by atoms with Crippen LogP contribution in [0.2, 0.25) is 0 Å². The van der Waals surface area contributed by atoms with Crippen LogP contribution in [0.25, 0.3) is 11.3 Å². The summed E-state index contributed by atoms with van der Waals surface area (Å²) in [6.07, 6.45) is 0. The van der Waals surface area contributed by atoms with E-state index in [0.717, 1.165) is 11.1 Å². The van der Waals surface area contributed by atoms with Gasteiger partial charge in [-0.2, -0.15) is 0 Å².